The largest absolute Gasteiger partial charge is 0.490 e. The molecule has 11 heteroatoms. The molecule has 11 nitrogen and oxygen atoms in total. The molecule has 1 saturated heterocycles. The zero-order valence-electron chi connectivity index (χ0n) is 26.6. The van der Waals surface area contributed by atoms with E-state index >= 15 is 0 Å². The maximum atomic E-state index is 13.5. The van der Waals surface area contributed by atoms with Crippen molar-refractivity contribution in [2.45, 2.75) is 121 Å². The first-order valence-corrected chi connectivity index (χ1v) is 16.0. The van der Waals surface area contributed by atoms with E-state index in [0.717, 1.165) is 37.8 Å². The SMILES string of the molecule is CC(C)N(CC1CCN(C(=O)OC(C)(C)C)CC1)C1CC(Oc2ccc3c(c2)C(=O)N(C(CCC(=O)O)C(=O)O)C32CC2)C1. The molecule has 2 amide bonds. The molecule has 0 aromatic heterocycles. The number of amides is 2. The minimum Gasteiger partial charge on any atom is -0.490 e. The molecular weight excluding hydrogens is 566 g/mol. The lowest BCUT2D eigenvalue weighted by Crippen LogP contribution is -2.54. The molecule has 3 fully saturated rings. The number of likely N-dealkylation sites (tertiary alicyclic amines) is 1. The third kappa shape index (κ3) is 6.67. The summed E-state index contributed by atoms with van der Waals surface area (Å²) in [4.78, 5) is 55.0. The van der Waals surface area contributed by atoms with E-state index in [2.05, 4.69) is 18.7 Å². The molecule has 2 saturated carbocycles. The van der Waals surface area contributed by atoms with Gasteiger partial charge in [0.25, 0.3) is 5.91 Å². The molecule has 1 spiro atoms. The number of rotatable bonds is 11. The molecule has 1 unspecified atom stereocenters. The minimum atomic E-state index is -1.18. The van der Waals surface area contributed by atoms with E-state index in [4.69, 9.17) is 14.6 Å². The van der Waals surface area contributed by atoms with Gasteiger partial charge >= 0.3 is 18.0 Å². The summed E-state index contributed by atoms with van der Waals surface area (Å²) in [6.07, 6.45) is 4.35. The molecule has 2 aliphatic carbocycles. The van der Waals surface area contributed by atoms with Crippen molar-refractivity contribution in [2.75, 3.05) is 19.6 Å². The zero-order valence-corrected chi connectivity index (χ0v) is 26.6. The predicted molar refractivity (Wildman–Crippen MR) is 162 cm³/mol. The van der Waals surface area contributed by atoms with Crippen molar-refractivity contribution in [3.8, 4) is 5.75 Å². The monoisotopic (exact) mass is 613 g/mol. The number of ether oxygens (including phenoxy) is 2. The van der Waals surface area contributed by atoms with Crippen LogP contribution in [-0.4, -0.2) is 98.3 Å². The fourth-order valence-electron chi connectivity index (χ4n) is 7.13. The van der Waals surface area contributed by atoms with E-state index < -0.39 is 29.1 Å². The molecule has 2 N–H and O–H groups in total. The molecule has 4 aliphatic rings. The first kappa shape index (κ1) is 32.1. The number of carbonyl (C=O) groups excluding carboxylic acids is 2. The number of aliphatic carboxylic acids is 2. The van der Waals surface area contributed by atoms with Gasteiger partial charge in [0.05, 0.1) is 5.54 Å². The molecule has 1 atom stereocenters. The molecule has 1 aromatic carbocycles. The molecule has 44 heavy (non-hydrogen) atoms. The van der Waals surface area contributed by atoms with Gasteiger partial charge in [0.15, 0.2) is 0 Å². The Labute approximate surface area is 259 Å². The van der Waals surface area contributed by atoms with Gasteiger partial charge in [-0.3, -0.25) is 14.5 Å². The Kier molecular flexibility index (Phi) is 8.90. The van der Waals surface area contributed by atoms with E-state index in [1.807, 2.05) is 37.8 Å². The summed E-state index contributed by atoms with van der Waals surface area (Å²) in [5.41, 5.74) is 0.118. The van der Waals surface area contributed by atoms with Gasteiger partial charge in [0, 0.05) is 56.5 Å². The molecule has 5 rings (SSSR count). The fraction of sp³-hybridized carbons (Fsp3) is 0.697. The maximum Gasteiger partial charge on any atom is 0.410 e. The van der Waals surface area contributed by atoms with Gasteiger partial charge < -0.3 is 29.5 Å². The van der Waals surface area contributed by atoms with E-state index in [1.54, 1.807) is 6.07 Å². The standard InChI is InChI=1S/C33H47N3O8/c1-20(2)35(19-21-10-14-34(15-11-21)31(42)44-32(3,4)5)22-16-24(17-22)43-23-6-7-26-25(18-23)29(39)36(33(26)12-13-33)27(30(40)41)8-9-28(37)38/h6-7,18,20-22,24,27H,8-17,19H2,1-5H3,(H,37,38)(H,40,41). The molecule has 242 valence electrons. The second kappa shape index (κ2) is 12.2. The lowest BCUT2D eigenvalue weighted by atomic mass is 9.85. The van der Waals surface area contributed by atoms with Crippen LogP contribution in [0.4, 0.5) is 4.79 Å². The summed E-state index contributed by atoms with van der Waals surface area (Å²) in [5, 5.41) is 19.0. The van der Waals surface area contributed by atoms with Gasteiger partial charge in [-0.05, 0) is 90.3 Å². The van der Waals surface area contributed by atoms with Crippen LogP contribution in [-0.2, 0) is 19.9 Å². The highest BCUT2D eigenvalue weighted by atomic mass is 16.6. The summed E-state index contributed by atoms with van der Waals surface area (Å²) in [7, 11) is 0. The number of fused-ring (bicyclic) bond motifs is 2. The highest BCUT2D eigenvalue weighted by Crippen LogP contribution is 2.58. The molecule has 1 aromatic rings. The van der Waals surface area contributed by atoms with Crippen LogP contribution in [0.25, 0.3) is 0 Å². The van der Waals surface area contributed by atoms with E-state index in [0.29, 0.717) is 55.2 Å². The van der Waals surface area contributed by atoms with Crippen LogP contribution in [0.3, 0.4) is 0 Å². The third-order valence-corrected chi connectivity index (χ3v) is 9.59. The van der Waals surface area contributed by atoms with Crippen LogP contribution < -0.4 is 4.74 Å². The minimum absolute atomic E-state index is 0.0261. The molecule has 0 radical (unpaired) electrons. The average Bonchev–Trinajstić information content (AvgIpc) is 3.67. The number of hydrogen-bond acceptors (Lipinski definition) is 7. The molecule has 0 bridgehead atoms. The highest BCUT2D eigenvalue weighted by Gasteiger charge is 2.61. The number of nitrogens with zero attached hydrogens (tertiary/aromatic N) is 3. The topological polar surface area (TPSA) is 137 Å². The molecular formula is C33H47N3O8. The van der Waals surface area contributed by atoms with Crippen LogP contribution in [0.15, 0.2) is 18.2 Å². The van der Waals surface area contributed by atoms with Crippen LogP contribution in [0.5, 0.6) is 5.75 Å². The van der Waals surface area contributed by atoms with Crippen LogP contribution in [0.1, 0.15) is 102 Å². The van der Waals surface area contributed by atoms with E-state index in [1.165, 1.54) is 4.90 Å². The number of benzene rings is 1. The highest BCUT2D eigenvalue weighted by molar-refractivity contribution is 6.03. The number of carboxylic acids is 2. The van der Waals surface area contributed by atoms with Crippen molar-refractivity contribution in [2.24, 2.45) is 5.92 Å². The van der Waals surface area contributed by atoms with Crippen molar-refractivity contribution in [3.63, 3.8) is 0 Å². The number of hydrogen-bond donors (Lipinski definition) is 2. The maximum absolute atomic E-state index is 13.5. The van der Waals surface area contributed by atoms with Gasteiger partial charge in [-0.1, -0.05) is 6.07 Å². The third-order valence-electron chi connectivity index (χ3n) is 9.59. The smallest absolute Gasteiger partial charge is 0.410 e. The second-order valence-corrected chi connectivity index (χ2v) is 14.3. The van der Waals surface area contributed by atoms with Crippen LogP contribution in [0.2, 0.25) is 0 Å². The van der Waals surface area contributed by atoms with Crippen LogP contribution in [0, 0.1) is 5.92 Å². The van der Waals surface area contributed by atoms with E-state index in [-0.39, 0.29) is 30.9 Å². The summed E-state index contributed by atoms with van der Waals surface area (Å²) in [5.74, 6) is -1.52. The first-order chi connectivity index (χ1) is 20.7. The van der Waals surface area contributed by atoms with Gasteiger partial charge in [-0.25, -0.2) is 9.59 Å². The number of carboxylic acid groups (broad SMARTS) is 2. The van der Waals surface area contributed by atoms with Gasteiger partial charge in [0.1, 0.15) is 23.5 Å². The molecule has 2 aliphatic heterocycles. The summed E-state index contributed by atoms with van der Waals surface area (Å²) in [6, 6.07) is 5.08. The lowest BCUT2D eigenvalue weighted by molar-refractivity contribution is -0.144. The van der Waals surface area contributed by atoms with Crippen molar-refractivity contribution in [1.82, 2.24) is 14.7 Å². The van der Waals surface area contributed by atoms with Crippen LogP contribution >= 0.6 is 0 Å². The van der Waals surface area contributed by atoms with Gasteiger partial charge in [0.2, 0.25) is 0 Å². The average molecular weight is 614 g/mol. The van der Waals surface area contributed by atoms with Gasteiger partial charge in [-0.15, -0.1) is 0 Å². The van der Waals surface area contributed by atoms with Gasteiger partial charge in [-0.2, -0.15) is 0 Å². The van der Waals surface area contributed by atoms with Crippen molar-refractivity contribution >= 4 is 23.9 Å². The lowest BCUT2D eigenvalue weighted by Gasteiger charge is -2.46. The first-order valence-electron chi connectivity index (χ1n) is 16.0. The van der Waals surface area contributed by atoms with Crippen molar-refractivity contribution in [3.05, 3.63) is 29.3 Å². The summed E-state index contributed by atoms with van der Waals surface area (Å²) < 4.78 is 11.9. The number of piperidine rings is 1. The number of carbonyl (C=O) groups is 4. The van der Waals surface area contributed by atoms with Crippen molar-refractivity contribution in [1.29, 1.82) is 0 Å². The zero-order chi connectivity index (χ0) is 32.0. The molecule has 2 heterocycles. The Morgan fingerprint density at radius 3 is 2.30 bits per heavy atom. The summed E-state index contributed by atoms with van der Waals surface area (Å²) in [6.45, 7) is 12.5. The summed E-state index contributed by atoms with van der Waals surface area (Å²) >= 11 is 0. The second-order valence-electron chi connectivity index (χ2n) is 14.3. The predicted octanol–water partition coefficient (Wildman–Crippen LogP) is 4.72. The fourth-order valence-corrected chi connectivity index (χ4v) is 7.13. The van der Waals surface area contributed by atoms with Crippen molar-refractivity contribution < 1.29 is 38.9 Å². The Bertz CT molecular complexity index is 1270. The Hall–Kier alpha value is -3.34. The Morgan fingerprint density at radius 2 is 1.75 bits per heavy atom. The Morgan fingerprint density at radius 1 is 1.09 bits per heavy atom. The normalized spacial score (nSPS) is 23.5. The Balaban J connectivity index is 1.16. The van der Waals surface area contributed by atoms with E-state index in [9.17, 15) is 24.3 Å². The quantitative estimate of drug-likeness (QED) is 0.363.